The van der Waals surface area contributed by atoms with Gasteiger partial charge in [0.25, 0.3) is 0 Å². The molecule has 0 aromatic carbocycles. The molecular formula is C9H11N3O2. The van der Waals surface area contributed by atoms with Gasteiger partial charge in [0.05, 0.1) is 12.6 Å². The highest BCUT2D eigenvalue weighted by Crippen LogP contribution is 2.23. The minimum atomic E-state index is -0.728. The predicted molar refractivity (Wildman–Crippen MR) is 50.0 cm³/mol. The van der Waals surface area contributed by atoms with Gasteiger partial charge in [-0.05, 0) is 0 Å². The molecule has 5 heteroatoms. The van der Waals surface area contributed by atoms with Crippen molar-refractivity contribution >= 4 is 11.8 Å². The van der Waals surface area contributed by atoms with E-state index in [1.807, 2.05) is 4.90 Å². The molecule has 0 atom stereocenters. The van der Waals surface area contributed by atoms with Gasteiger partial charge in [0.2, 0.25) is 0 Å². The maximum atomic E-state index is 10.4. The lowest BCUT2D eigenvalue weighted by Crippen LogP contribution is -2.48. The van der Waals surface area contributed by atoms with Crippen LogP contribution in [0.15, 0.2) is 18.6 Å². The molecule has 0 radical (unpaired) electrons. The standard InChI is InChI=1S/C9H11N3O2/c13-9(14)3-7-5-12(6-7)8-4-10-1-2-11-8/h1-2,4,7H,3,5-6H2,(H,13,14). The third-order valence-electron chi connectivity index (χ3n) is 2.29. The van der Waals surface area contributed by atoms with Crippen LogP contribution in [0.4, 0.5) is 5.82 Å². The fourth-order valence-electron chi connectivity index (χ4n) is 1.59. The molecule has 0 saturated carbocycles. The number of carbonyl (C=O) groups is 1. The van der Waals surface area contributed by atoms with E-state index in [4.69, 9.17) is 5.11 Å². The molecule has 0 bridgehead atoms. The molecule has 2 heterocycles. The Morgan fingerprint density at radius 3 is 2.93 bits per heavy atom. The number of carboxylic acids is 1. The van der Waals surface area contributed by atoms with Crippen molar-refractivity contribution in [1.29, 1.82) is 0 Å². The van der Waals surface area contributed by atoms with Crippen molar-refractivity contribution in [2.45, 2.75) is 6.42 Å². The monoisotopic (exact) mass is 193 g/mol. The van der Waals surface area contributed by atoms with Gasteiger partial charge in [0.15, 0.2) is 0 Å². The summed E-state index contributed by atoms with van der Waals surface area (Å²) in [7, 11) is 0. The van der Waals surface area contributed by atoms with Gasteiger partial charge in [0.1, 0.15) is 5.82 Å². The number of carboxylic acid groups (broad SMARTS) is 1. The quantitative estimate of drug-likeness (QED) is 0.752. The van der Waals surface area contributed by atoms with Crippen LogP contribution in [0.1, 0.15) is 6.42 Å². The summed E-state index contributed by atoms with van der Waals surface area (Å²) in [4.78, 5) is 20.5. The lowest BCUT2D eigenvalue weighted by atomic mass is 9.97. The fraction of sp³-hybridized carbons (Fsp3) is 0.444. The Kier molecular flexibility index (Phi) is 2.30. The largest absolute Gasteiger partial charge is 0.481 e. The van der Waals surface area contributed by atoms with Crippen molar-refractivity contribution in [3.63, 3.8) is 0 Å². The smallest absolute Gasteiger partial charge is 0.303 e. The van der Waals surface area contributed by atoms with E-state index in [0.29, 0.717) is 0 Å². The average molecular weight is 193 g/mol. The molecule has 1 aliphatic rings. The highest BCUT2D eigenvalue weighted by Gasteiger charge is 2.29. The van der Waals surface area contributed by atoms with Crippen LogP contribution in [0.25, 0.3) is 0 Å². The molecule has 1 aliphatic heterocycles. The maximum Gasteiger partial charge on any atom is 0.303 e. The second kappa shape index (κ2) is 3.61. The summed E-state index contributed by atoms with van der Waals surface area (Å²) in [6.45, 7) is 1.54. The molecule has 0 amide bonds. The molecule has 0 aliphatic carbocycles. The van der Waals surface area contributed by atoms with Gasteiger partial charge >= 0.3 is 5.97 Å². The highest BCUT2D eigenvalue weighted by atomic mass is 16.4. The molecule has 1 aromatic rings. The summed E-state index contributed by atoms with van der Waals surface area (Å²) in [5, 5.41) is 8.56. The minimum Gasteiger partial charge on any atom is -0.481 e. The van der Waals surface area contributed by atoms with Crippen LogP contribution < -0.4 is 4.90 Å². The summed E-state index contributed by atoms with van der Waals surface area (Å²) in [6.07, 6.45) is 5.20. The SMILES string of the molecule is O=C(O)CC1CN(c2cnccn2)C1. The van der Waals surface area contributed by atoms with E-state index in [2.05, 4.69) is 9.97 Å². The van der Waals surface area contributed by atoms with Crippen molar-refractivity contribution in [3.05, 3.63) is 18.6 Å². The van der Waals surface area contributed by atoms with Crippen LogP contribution in [0.3, 0.4) is 0 Å². The molecule has 0 unspecified atom stereocenters. The highest BCUT2D eigenvalue weighted by molar-refractivity contribution is 5.67. The second-order valence-corrected chi connectivity index (χ2v) is 3.43. The average Bonchev–Trinajstić information content (AvgIpc) is 2.12. The van der Waals surface area contributed by atoms with Crippen LogP contribution in [0.2, 0.25) is 0 Å². The van der Waals surface area contributed by atoms with Gasteiger partial charge < -0.3 is 10.0 Å². The van der Waals surface area contributed by atoms with Crippen molar-refractivity contribution in [2.75, 3.05) is 18.0 Å². The van der Waals surface area contributed by atoms with E-state index in [9.17, 15) is 4.79 Å². The van der Waals surface area contributed by atoms with Gasteiger partial charge in [-0.25, -0.2) is 4.98 Å². The van der Waals surface area contributed by atoms with Gasteiger partial charge in [0, 0.05) is 31.4 Å². The number of nitrogens with zero attached hydrogens (tertiary/aromatic N) is 3. The van der Waals surface area contributed by atoms with E-state index in [1.54, 1.807) is 18.6 Å². The number of hydrogen-bond donors (Lipinski definition) is 1. The van der Waals surface area contributed by atoms with Crippen LogP contribution in [-0.4, -0.2) is 34.1 Å². The molecule has 5 nitrogen and oxygen atoms in total. The predicted octanol–water partition coefficient (Wildman–Crippen LogP) is 0.387. The first-order valence-corrected chi connectivity index (χ1v) is 4.48. The second-order valence-electron chi connectivity index (χ2n) is 3.43. The third-order valence-corrected chi connectivity index (χ3v) is 2.29. The maximum absolute atomic E-state index is 10.4. The van der Waals surface area contributed by atoms with Crippen LogP contribution in [0, 0.1) is 5.92 Å². The zero-order valence-electron chi connectivity index (χ0n) is 7.63. The molecule has 1 N–H and O–H groups in total. The molecule has 0 spiro atoms. The molecule has 1 aromatic heterocycles. The van der Waals surface area contributed by atoms with Crippen molar-refractivity contribution in [2.24, 2.45) is 5.92 Å². The van der Waals surface area contributed by atoms with Gasteiger partial charge in [-0.2, -0.15) is 0 Å². The summed E-state index contributed by atoms with van der Waals surface area (Å²) in [5.74, 6) is 0.359. The Labute approximate surface area is 81.4 Å². The van der Waals surface area contributed by atoms with Crippen molar-refractivity contribution in [3.8, 4) is 0 Å². The third kappa shape index (κ3) is 1.81. The number of aromatic nitrogens is 2. The number of rotatable bonds is 3. The van der Waals surface area contributed by atoms with Crippen molar-refractivity contribution < 1.29 is 9.90 Å². The number of anilines is 1. The fourth-order valence-corrected chi connectivity index (χ4v) is 1.59. The normalized spacial score (nSPS) is 16.4. The van der Waals surface area contributed by atoms with Gasteiger partial charge in [-0.15, -0.1) is 0 Å². The molecule has 2 rings (SSSR count). The van der Waals surface area contributed by atoms with E-state index in [-0.39, 0.29) is 12.3 Å². The Morgan fingerprint density at radius 2 is 2.36 bits per heavy atom. The zero-order chi connectivity index (χ0) is 9.97. The lowest BCUT2D eigenvalue weighted by molar-refractivity contribution is -0.138. The minimum absolute atomic E-state index is 0.247. The first-order valence-electron chi connectivity index (χ1n) is 4.48. The van der Waals surface area contributed by atoms with Gasteiger partial charge in [-0.1, -0.05) is 0 Å². The Balaban J connectivity index is 1.86. The van der Waals surface area contributed by atoms with Crippen LogP contribution in [0.5, 0.6) is 0 Å². The van der Waals surface area contributed by atoms with E-state index in [0.717, 1.165) is 18.9 Å². The molecule has 14 heavy (non-hydrogen) atoms. The van der Waals surface area contributed by atoms with E-state index >= 15 is 0 Å². The van der Waals surface area contributed by atoms with Crippen molar-refractivity contribution in [1.82, 2.24) is 9.97 Å². The summed E-state index contributed by atoms with van der Waals surface area (Å²) >= 11 is 0. The molecule has 1 saturated heterocycles. The number of hydrogen-bond acceptors (Lipinski definition) is 4. The lowest BCUT2D eigenvalue weighted by Gasteiger charge is -2.39. The first kappa shape index (κ1) is 8.93. The van der Waals surface area contributed by atoms with Gasteiger partial charge in [-0.3, -0.25) is 9.78 Å². The summed E-state index contributed by atoms with van der Waals surface area (Å²) in [6, 6.07) is 0. The van der Waals surface area contributed by atoms with E-state index < -0.39 is 5.97 Å². The van der Waals surface area contributed by atoms with Crippen LogP contribution >= 0.6 is 0 Å². The molecular weight excluding hydrogens is 182 g/mol. The zero-order valence-corrected chi connectivity index (χ0v) is 7.63. The Morgan fingerprint density at radius 1 is 1.57 bits per heavy atom. The summed E-state index contributed by atoms with van der Waals surface area (Å²) in [5.41, 5.74) is 0. The molecule has 74 valence electrons. The Hall–Kier alpha value is -1.65. The van der Waals surface area contributed by atoms with Crippen LogP contribution in [-0.2, 0) is 4.79 Å². The number of aliphatic carboxylic acids is 1. The summed E-state index contributed by atoms with van der Waals surface area (Å²) < 4.78 is 0. The first-order chi connectivity index (χ1) is 6.75. The Bertz CT molecular complexity index is 322. The van der Waals surface area contributed by atoms with E-state index in [1.165, 1.54) is 0 Å². The molecule has 1 fully saturated rings. The topological polar surface area (TPSA) is 66.3 Å².